The van der Waals surface area contributed by atoms with E-state index in [1.807, 2.05) is 0 Å². The fourth-order valence-corrected chi connectivity index (χ4v) is 1.67. The summed E-state index contributed by atoms with van der Waals surface area (Å²) in [7, 11) is 1.47. The highest BCUT2D eigenvalue weighted by Crippen LogP contribution is 2.31. The molecule has 0 saturated heterocycles. The molecule has 0 bridgehead atoms. The molecule has 3 nitrogen and oxygen atoms in total. The highest BCUT2D eigenvalue weighted by atomic mass is 19.4. The van der Waals surface area contributed by atoms with Crippen molar-refractivity contribution in [2.24, 2.45) is 4.99 Å². The number of alkyl halides is 3. The number of halogens is 3. The second kappa shape index (κ2) is 5.87. The smallest absolute Gasteiger partial charge is 0.416 e. The lowest BCUT2D eigenvalue weighted by molar-refractivity contribution is -0.137. The normalized spacial score (nSPS) is 11.8. The van der Waals surface area contributed by atoms with Crippen LogP contribution in [-0.2, 0) is 6.18 Å². The molecule has 0 saturated carbocycles. The molecule has 0 aliphatic carbocycles. The molecule has 1 N–H and O–H groups in total. The van der Waals surface area contributed by atoms with Gasteiger partial charge in [0.25, 0.3) is 0 Å². The minimum atomic E-state index is -4.41. The van der Waals surface area contributed by atoms with Gasteiger partial charge in [0, 0.05) is 11.8 Å². The van der Waals surface area contributed by atoms with Gasteiger partial charge in [0.1, 0.15) is 11.5 Å². The van der Waals surface area contributed by atoms with E-state index >= 15 is 0 Å². The van der Waals surface area contributed by atoms with Crippen molar-refractivity contribution in [1.82, 2.24) is 0 Å². The summed E-state index contributed by atoms with van der Waals surface area (Å²) >= 11 is 0. The number of rotatable bonds is 3. The summed E-state index contributed by atoms with van der Waals surface area (Å²) in [6.07, 6.45) is -3.13. The van der Waals surface area contributed by atoms with Gasteiger partial charge in [0.05, 0.1) is 18.4 Å². The molecule has 21 heavy (non-hydrogen) atoms. The van der Waals surface area contributed by atoms with E-state index < -0.39 is 11.7 Å². The molecule has 0 heterocycles. The van der Waals surface area contributed by atoms with Crippen molar-refractivity contribution in [2.75, 3.05) is 7.11 Å². The first-order valence-electron chi connectivity index (χ1n) is 5.98. The minimum absolute atomic E-state index is 0.0356. The van der Waals surface area contributed by atoms with Crippen LogP contribution >= 0.6 is 0 Å². The Morgan fingerprint density at radius 2 is 1.90 bits per heavy atom. The maximum absolute atomic E-state index is 12.6. The van der Waals surface area contributed by atoms with E-state index in [1.165, 1.54) is 37.6 Å². The number of benzene rings is 2. The van der Waals surface area contributed by atoms with Gasteiger partial charge in [0.2, 0.25) is 0 Å². The molecule has 0 aromatic heterocycles. The zero-order valence-corrected chi connectivity index (χ0v) is 11.1. The topological polar surface area (TPSA) is 41.8 Å². The molecule has 0 atom stereocenters. The van der Waals surface area contributed by atoms with E-state index in [2.05, 4.69) is 4.99 Å². The number of aliphatic imine (C=N–C) groups is 1. The molecule has 0 fully saturated rings. The summed E-state index contributed by atoms with van der Waals surface area (Å²) in [5, 5.41) is 9.67. The third-order valence-corrected chi connectivity index (χ3v) is 2.76. The molecule has 2 rings (SSSR count). The first-order valence-corrected chi connectivity index (χ1v) is 5.98. The van der Waals surface area contributed by atoms with Gasteiger partial charge in [-0.05, 0) is 36.4 Å². The lowest BCUT2D eigenvalue weighted by Crippen LogP contribution is -2.03. The number of phenolic OH excluding ortho intramolecular Hbond substituents is 1. The minimum Gasteiger partial charge on any atom is -0.507 e. The van der Waals surface area contributed by atoms with Crippen molar-refractivity contribution in [1.29, 1.82) is 0 Å². The van der Waals surface area contributed by atoms with Gasteiger partial charge in [-0.25, -0.2) is 0 Å². The van der Waals surface area contributed by atoms with Crippen LogP contribution in [0.4, 0.5) is 18.9 Å². The first-order chi connectivity index (χ1) is 9.90. The molecule has 2 aromatic rings. The third-order valence-electron chi connectivity index (χ3n) is 2.76. The number of hydrogen-bond donors (Lipinski definition) is 1. The van der Waals surface area contributed by atoms with E-state index in [1.54, 1.807) is 6.07 Å². The lowest BCUT2D eigenvalue weighted by Gasteiger charge is -2.06. The SMILES string of the molecule is COc1ccc(O)c(C=Nc2cccc(C(F)(F)F)c2)c1. The van der Waals surface area contributed by atoms with Crippen molar-refractivity contribution >= 4 is 11.9 Å². The van der Waals surface area contributed by atoms with Crippen LogP contribution in [0.5, 0.6) is 11.5 Å². The Morgan fingerprint density at radius 3 is 2.57 bits per heavy atom. The van der Waals surface area contributed by atoms with Crippen LogP contribution in [0.1, 0.15) is 11.1 Å². The van der Waals surface area contributed by atoms with E-state index in [0.29, 0.717) is 11.3 Å². The lowest BCUT2D eigenvalue weighted by atomic mass is 10.2. The van der Waals surface area contributed by atoms with Gasteiger partial charge >= 0.3 is 6.18 Å². The fourth-order valence-electron chi connectivity index (χ4n) is 1.67. The second-order valence-corrected chi connectivity index (χ2v) is 4.23. The highest BCUT2D eigenvalue weighted by Gasteiger charge is 2.30. The Hall–Kier alpha value is -2.50. The van der Waals surface area contributed by atoms with Crippen molar-refractivity contribution in [2.45, 2.75) is 6.18 Å². The summed E-state index contributed by atoms with van der Waals surface area (Å²) < 4.78 is 42.8. The zero-order valence-electron chi connectivity index (χ0n) is 11.1. The van der Waals surface area contributed by atoms with E-state index in [0.717, 1.165) is 12.1 Å². The molecular weight excluding hydrogens is 283 g/mol. The van der Waals surface area contributed by atoms with Crippen molar-refractivity contribution in [3.8, 4) is 11.5 Å². The zero-order chi connectivity index (χ0) is 15.5. The Morgan fingerprint density at radius 1 is 1.14 bits per heavy atom. The van der Waals surface area contributed by atoms with Gasteiger partial charge in [-0.3, -0.25) is 4.99 Å². The Labute approximate surface area is 119 Å². The van der Waals surface area contributed by atoms with Crippen LogP contribution < -0.4 is 4.74 Å². The average Bonchev–Trinajstić information content (AvgIpc) is 2.46. The summed E-state index contributed by atoms with van der Waals surface area (Å²) in [5.74, 6) is 0.477. The van der Waals surface area contributed by atoms with E-state index in [4.69, 9.17) is 4.74 Å². The highest BCUT2D eigenvalue weighted by molar-refractivity contribution is 5.86. The molecule has 0 spiro atoms. The second-order valence-electron chi connectivity index (χ2n) is 4.23. The number of nitrogens with zero attached hydrogens (tertiary/aromatic N) is 1. The largest absolute Gasteiger partial charge is 0.507 e. The number of methoxy groups -OCH3 is 1. The van der Waals surface area contributed by atoms with Crippen LogP contribution in [-0.4, -0.2) is 18.4 Å². The predicted octanol–water partition coefficient (Wildman–Crippen LogP) is 4.17. The summed E-state index contributed by atoms with van der Waals surface area (Å²) in [5.41, 5.74) is -0.272. The van der Waals surface area contributed by atoms with Crippen LogP contribution in [0.15, 0.2) is 47.5 Å². The van der Waals surface area contributed by atoms with Crippen molar-refractivity contribution < 1.29 is 23.0 Å². The Balaban J connectivity index is 2.29. The predicted molar refractivity (Wildman–Crippen MR) is 73.4 cm³/mol. The fraction of sp³-hybridized carbons (Fsp3) is 0.133. The molecule has 0 radical (unpaired) electrons. The quantitative estimate of drug-likeness (QED) is 0.863. The summed E-state index contributed by atoms with van der Waals surface area (Å²) in [4.78, 5) is 3.95. The number of ether oxygens (including phenoxy) is 1. The van der Waals surface area contributed by atoms with Gasteiger partial charge in [-0.15, -0.1) is 0 Å². The molecule has 0 aliphatic rings. The molecule has 110 valence electrons. The van der Waals surface area contributed by atoms with Gasteiger partial charge in [0.15, 0.2) is 0 Å². The van der Waals surface area contributed by atoms with E-state index in [9.17, 15) is 18.3 Å². The van der Waals surface area contributed by atoms with Crippen LogP contribution in [0.2, 0.25) is 0 Å². The van der Waals surface area contributed by atoms with Crippen LogP contribution in [0.25, 0.3) is 0 Å². The summed E-state index contributed by atoms with van der Waals surface area (Å²) in [6.45, 7) is 0. The number of phenols is 1. The van der Waals surface area contributed by atoms with Crippen molar-refractivity contribution in [3.63, 3.8) is 0 Å². The molecule has 0 unspecified atom stereocenters. The molecular formula is C15H12F3NO2. The maximum atomic E-state index is 12.6. The third kappa shape index (κ3) is 3.75. The Kier molecular flexibility index (Phi) is 4.16. The summed E-state index contributed by atoms with van der Waals surface area (Å²) in [6, 6.07) is 9.16. The molecule has 0 amide bonds. The van der Waals surface area contributed by atoms with Gasteiger partial charge < -0.3 is 9.84 Å². The van der Waals surface area contributed by atoms with Crippen molar-refractivity contribution in [3.05, 3.63) is 53.6 Å². The number of aromatic hydroxyl groups is 1. The standard InChI is InChI=1S/C15H12F3NO2/c1-21-13-5-6-14(20)10(7-13)9-19-12-4-2-3-11(8-12)15(16,17)18/h2-9,20H,1H3. The van der Waals surface area contributed by atoms with Gasteiger partial charge in [-0.2, -0.15) is 13.2 Å². The number of hydrogen-bond acceptors (Lipinski definition) is 3. The first kappa shape index (κ1) is 14.9. The Bertz CT molecular complexity index is 666. The monoisotopic (exact) mass is 295 g/mol. The average molecular weight is 295 g/mol. The van der Waals surface area contributed by atoms with E-state index in [-0.39, 0.29) is 11.4 Å². The van der Waals surface area contributed by atoms with Crippen LogP contribution in [0.3, 0.4) is 0 Å². The maximum Gasteiger partial charge on any atom is 0.416 e. The molecule has 2 aromatic carbocycles. The van der Waals surface area contributed by atoms with Gasteiger partial charge in [-0.1, -0.05) is 6.07 Å². The molecule has 0 aliphatic heterocycles. The van der Waals surface area contributed by atoms with Crippen LogP contribution in [0, 0.1) is 0 Å². The molecule has 6 heteroatoms.